The molecule has 1 aromatic carbocycles. The highest BCUT2D eigenvalue weighted by molar-refractivity contribution is 7.99. The lowest BCUT2D eigenvalue weighted by atomic mass is 10.1. The molecule has 1 amide bonds. The van der Waals surface area contributed by atoms with Gasteiger partial charge in [-0.05, 0) is 38.3 Å². The molecular formula is C18H24N4OS. The van der Waals surface area contributed by atoms with Gasteiger partial charge in [0.25, 0.3) is 0 Å². The molecule has 0 spiro atoms. The second-order valence-electron chi connectivity index (χ2n) is 6.36. The van der Waals surface area contributed by atoms with Crippen molar-refractivity contribution in [1.29, 1.82) is 0 Å². The van der Waals surface area contributed by atoms with E-state index in [1.165, 1.54) is 35.7 Å². The number of aromatic nitrogens is 3. The minimum Gasteiger partial charge on any atom is -0.342 e. The number of hydrogen-bond acceptors (Lipinski definition) is 4. The average molecular weight is 344 g/mol. The Hall–Kier alpha value is -1.82. The first-order valence-electron chi connectivity index (χ1n) is 8.53. The van der Waals surface area contributed by atoms with Gasteiger partial charge in [-0.15, -0.1) is 10.2 Å². The van der Waals surface area contributed by atoms with Crippen LogP contribution in [0.25, 0.3) is 5.69 Å². The van der Waals surface area contributed by atoms with Crippen molar-refractivity contribution >= 4 is 17.7 Å². The molecule has 1 aliphatic rings. The lowest BCUT2D eigenvalue weighted by molar-refractivity contribution is -0.128. The summed E-state index contributed by atoms with van der Waals surface area (Å²) in [4.78, 5) is 14.5. The Morgan fingerprint density at radius 1 is 1.17 bits per heavy atom. The number of amides is 1. The van der Waals surface area contributed by atoms with Gasteiger partial charge in [0.2, 0.25) is 5.91 Å². The van der Waals surface area contributed by atoms with Crippen molar-refractivity contribution in [2.75, 3.05) is 18.8 Å². The molecule has 24 heavy (non-hydrogen) atoms. The molecule has 0 saturated carbocycles. The Balaban J connectivity index is 1.68. The lowest BCUT2D eigenvalue weighted by Crippen LogP contribution is -2.33. The molecule has 6 heteroatoms. The molecule has 0 bridgehead atoms. The summed E-state index contributed by atoms with van der Waals surface area (Å²) in [5.41, 5.74) is 3.47. The van der Waals surface area contributed by atoms with Crippen LogP contribution in [0.5, 0.6) is 0 Å². The summed E-state index contributed by atoms with van der Waals surface area (Å²) < 4.78 is 1.97. The second-order valence-corrected chi connectivity index (χ2v) is 7.30. The van der Waals surface area contributed by atoms with Gasteiger partial charge in [-0.2, -0.15) is 0 Å². The van der Waals surface area contributed by atoms with Gasteiger partial charge < -0.3 is 4.90 Å². The number of hydrogen-bond donors (Lipinski definition) is 0. The van der Waals surface area contributed by atoms with E-state index < -0.39 is 0 Å². The number of rotatable bonds is 4. The molecule has 0 radical (unpaired) electrons. The Bertz CT molecular complexity index is 705. The van der Waals surface area contributed by atoms with Gasteiger partial charge in [-0.3, -0.25) is 9.36 Å². The van der Waals surface area contributed by atoms with E-state index in [2.05, 4.69) is 42.2 Å². The molecule has 2 aromatic rings. The summed E-state index contributed by atoms with van der Waals surface area (Å²) >= 11 is 1.47. The zero-order valence-electron chi connectivity index (χ0n) is 14.4. The van der Waals surface area contributed by atoms with Crippen LogP contribution >= 0.6 is 11.8 Å². The Kier molecular flexibility index (Phi) is 5.56. The standard InChI is InChI=1S/C18H24N4OS/c1-14-7-8-16(15(2)11-14)22-13-19-20-18(22)24-12-17(23)21-9-5-3-4-6-10-21/h7-8,11,13H,3-6,9-10,12H2,1-2H3. The fourth-order valence-corrected chi connectivity index (χ4v) is 3.93. The number of carbonyl (C=O) groups excluding carboxylic acids is 1. The van der Waals surface area contributed by atoms with Crippen LogP contribution in [0.3, 0.4) is 0 Å². The van der Waals surface area contributed by atoms with Crippen molar-refractivity contribution < 1.29 is 4.79 Å². The van der Waals surface area contributed by atoms with E-state index >= 15 is 0 Å². The first kappa shape index (κ1) is 17.0. The van der Waals surface area contributed by atoms with Crippen molar-refractivity contribution in [3.63, 3.8) is 0 Å². The number of thioether (sulfide) groups is 1. The molecule has 128 valence electrons. The maximum atomic E-state index is 12.5. The van der Waals surface area contributed by atoms with Crippen LogP contribution in [-0.2, 0) is 4.79 Å². The molecule has 1 saturated heterocycles. The van der Waals surface area contributed by atoms with Crippen molar-refractivity contribution in [3.8, 4) is 5.69 Å². The molecule has 1 fully saturated rings. The number of likely N-dealkylation sites (tertiary alicyclic amines) is 1. The number of carbonyl (C=O) groups is 1. The summed E-state index contributed by atoms with van der Waals surface area (Å²) in [6.07, 6.45) is 6.43. The van der Waals surface area contributed by atoms with Gasteiger partial charge in [-0.1, -0.05) is 42.3 Å². The van der Waals surface area contributed by atoms with E-state index in [4.69, 9.17) is 0 Å². The summed E-state index contributed by atoms with van der Waals surface area (Å²) in [5, 5.41) is 9.00. The maximum Gasteiger partial charge on any atom is 0.233 e. The topological polar surface area (TPSA) is 51.0 Å². The second kappa shape index (κ2) is 7.83. The third kappa shape index (κ3) is 3.98. The quantitative estimate of drug-likeness (QED) is 0.798. The molecule has 1 aliphatic heterocycles. The fraction of sp³-hybridized carbons (Fsp3) is 0.500. The van der Waals surface area contributed by atoms with Crippen LogP contribution in [0.2, 0.25) is 0 Å². The van der Waals surface area contributed by atoms with E-state index in [9.17, 15) is 4.79 Å². The molecular weight excluding hydrogens is 320 g/mol. The Labute approximate surface area is 147 Å². The van der Waals surface area contributed by atoms with Crippen LogP contribution in [0, 0.1) is 13.8 Å². The predicted octanol–water partition coefficient (Wildman–Crippen LogP) is 3.38. The SMILES string of the molecule is Cc1ccc(-n2cnnc2SCC(=O)N2CCCCCC2)c(C)c1. The summed E-state index contributed by atoms with van der Waals surface area (Å²) in [7, 11) is 0. The van der Waals surface area contributed by atoms with Gasteiger partial charge in [-0.25, -0.2) is 0 Å². The highest BCUT2D eigenvalue weighted by Crippen LogP contribution is 2.23. The highest BCUT2D eigenvalue weighted by atomic mass is 32.2. The first-order valence-corrected chi connectivity index (χ1v) is 9.52. The monoisotopic (exact) mass is 344 g/mol. The predicted molar refractivity (Wildman–Crippen MR) is 96.6 cm³/mol. The Morgan fingerprint density at radius 3 is 2.62 bits per heavy atom. The smallest absolute Gasteiger partial charge is 0.233 e. The molecule has 0 atom stereocenters. The van der Waals surface area contributed by atoms with Gasteiger partial charge in [0.1, 0.15) is 6.33 Å². The molecule has 5 nitrogen and oxygen atoms in total. The van der Waals surface area contributed by atoms with Crippen molar-refractivity contribution in [3.05, 3.63) is 35.7 Å². The third-order valence-corrected chi connectivity index (χ3v) is 5.34. The third-order valence-electron chi connectivity index (χ3n) is 4.41. The minimum absolute atomic E-state index is 0.206. The van der Waals surface area contributed by atoms with E-state index in [0.29, 0.717) is 5.75 Å². The van der Waals surface area contributed by atoms with Crippen molar-refractivity contribution in [2.45, 2.75) is 44.7 Å². The fourth-order valence-electron chi connectivity index (χ4n) is 3.10. The summed E-state index contributed by atoms with van der Waals surface area (Å²) in [5.74, 6) is 0.626. The number of nitrogens with zero attached hydrogens (tertiary/aromatic N) is 4. The molecule has 0 unspecified atom stereocenters. The number of benzene rings is 1. The van der Waals surface area contributed by atoms with Gasteiger partial charge in [0, 0.05) is 13.1 Å². The first-order chi connectivity index (χ1) is 11.6. The molecule has 0 aliphatic carbocycles. The van der Waals surface area contributed by atoms with Crippen LogP contribution in [0.15, 0.2) is 29.7 Å². The minimum atomic E-state index is 0.206. The Morgan fingerprint density at radius 2 is 1.92 bits per heavy atom. The van der Waals surface area contributed by atoms with Crippen molar-refractivity contribution in [1.82, 2.24) is 19.7 Å². The van der Waals surface area contributed by atoms with Crippen LogP contribution in [-0.4, -0.2) is 44.4 Å². The zero-order chi connectivity index (χ0) is 16.9. The van der Waals surface area contributed by atoms with Gasteiger partial charge in [0.05, 0.1) is 11.4 Å². The van der Waals surface area contributed by atoms with Gasteiger partial charge in [0.15, 0.2) is 5.16 Å². The molecule has 1 aromatic heterocycles. The highest BCUT2D eigenvalue weighted by Gasteiger charge is 2.17. The van der Waals surface area contributed by atoms with Crippen LogP contribution < -0.4 is 0 Å². The maximum absolute atomic E-state index is 12.5. The summed E-state index contributed by atoms with van der Waals surface area (Å²) in [6.45, 7) is 5.95. The van der Waals surface area contributed by atoms with E-state index in [0.717, 1.165) is 36.8 Å². The normalized spacial score (nSPS) is 15.3. The van der Waals surface area contributed by atoms with Gasteiger partial charge >= 0.3 is 0 Å². The number of aryl methyl sites for hydroxylation is 2. The van der Waals surface area contributed by atoms with Crippen LogP contribution in [0.1, 0.15) is 36.8 Å². The average Bonchev–Trinajstić information content (AvgIpc) is 2.85. The lowest BCUT2D eigenvalue weighted by Gasteiger charge is -2.19. The summed E-state index contributed by atoms with van der Waals surface area (Å²) in [6, 6.07) is 6.31. The van der Waals surface area contributed by atoms with E-state index in [1.807, 2.05) is 9.47 Å². The van der Waals surface area contributed by atoms with Crippen molar-refractivity contribution in [2.24, 2.45) is 0 Å². The van der Waals surface area contributed by atoms with E-state index in [1.54, 1.807) is 6.33 Å². The largest absolute Gasteiger partial charge is 0.342 e. The molecule has 2 heterocycles. The molecule has 3 rings (SSSR count). The molecule has 0 N–H and O–H groups in total. The zero-order valence-corrected chi connectivity index (χ0v) is 15.2. The van der Waals surface area contributed by atoms with E-state index in [-0.39, 0.29) is 5.91 Å². The van der Waals surface area contributed by atoms with Crippen LogP contribution in [0.4, 0.5) is 0 Å².